The van der Waals surface area contributed by atoms with Gasteiger partial charge in [-0.1, -0.05) is 12.1 Å². The second kappa shape index (κ2) is 10.4. The molecule has 1 amide bonds. The normalized spacial score (nSPS) is 18.2. The second-order valence-electron chi connectivity index (χ2n) is 8.21. The maximum absolute atomic E-state index is 12.1. The number of pyridine rings is 1. The molecule has 10 heteroatoms. The van der Waals surface area contributed by atoms with Gasteiger partial charge in [0.2, 0.25) is 0 Å². The van der Waals surface area contributed by atoms with Crippen molar-refractivity contribution in [1.29, 1.82) is 0 Å². The van der Waals surface area contributed by atoms with Gasteiger partial charge in [-0.25, -0.2) is 14.5 Å². The minimum absolute atomic E-state index is 0.0311. The van der Waals surface area contributed by atoms with Crippen LogP contribution in [0.5, 0.6) is 5.75 Å². The van der Waals surface area contributed by atoms with E-state index in [1.807, 2.05) is 19.9 Å². The molecule has 0 saturated heterocycles. The van der Waals surface area contributed by atoms with Crippen LogP contribution in [0, 0.1) is 12.8 Å². The van der Waals surface area contributed by atoms with Crippen molar-refractivity contribution in [1.82, 2.24) is 24.9 Å². The lowest BCUT2D eigenvalue weighted by Gasteiger charge is -2.27. The molecule has 0 spiro atoms. The molecule has 0 aromatic carbocycles. The van der Waals surface area contributed by atoms with E-state index in [-0.39, 0.29) is 18.6 Å². The van der Waals surface area contributed by atoms with Crippen molar-refractivity contribution in [2.75, 3.05) is 13.6 Å². The number of hydrogen-bond acceptors (Lipinski definition) is 7. The molecule has 1 aliphatic rings. The second-order valence-corrected chi connectivity index (χ2v) is 8.21. The van der Waals surface area contributed by atoms with Crippen molar-refractivity contribution < 1.29 is 24.2 Å². The molecular formula is C22H31N5O5. The summed E-state index contributed by atoms with van der Waals surface area (Å²) in [5.74, 6) is -0.495. The van der Waals surface area contributed by atoms with Gasteiger partial charge in [-0.15, -0.1) is 5.10 Å². The highest BCUT2D eigenvalue weighted by Crippen LogP contribution is 2.30. The number of carboxylic acid groups (broad SMARTS) is 1. The van der Waals surface area contributed by atoms with Crippen LogP contribution in [0.15, 0.2) is 12.1 Å². The van der Waals surface area contributed by atoms with E-state index in [1.165, 1.54) is 4.90 Å². The van der Waals surface area contributed by atoms with Gasteiger partial charge >= 0.3 is 12.1 Å². The molecule has 174 valence electrons. The minimum atomic E-state index is -0.764. The number of aliphatic carboxylic acids is 1. The van der Waals surface area contributed by atoms with Gasteiger partial charge < -0.3 is 19.5 Å². The molecule has 2 aromatic rings. The summed E-state index contributed by atoms with van der Waals surface area (Å²) in [5.41, 5.74) is 2.45. The van der Waals surface area contributed by atoms with Crippen molar-refractivity contribution in [2.24, 2.45) is 13.0 Å². The summed E-state index contributed by atoms with van der Waals surface area (Å²) in [7, 11) is 3.44. The average Bonchev–Trinajstić information content (AvgIpc) is 3.14. The first kappa shape index (κ1) is 23.5. The molecule has 1 aliphatic carbocycles. The zero-order valence-corrected chi connectivity index (χ0v) is 19.1. The fourth-order valence-electron chi connectivity index (χ4n) is 3.87. The van der Waals surface area contributed by atoms with Crippen LogP contribution in [-0.4, -0.2) is 61.7 Å². The maximum Gasteiger partial charge on any atom is 0.409 e. The van der Waals surface area contributed by atoms with E-state index in [2.05, 4.69) is 15.3 Å². The highest BCUT2D eigenvalue weighted by molar-refractivity contribution is 5.70. The van der Waals surface area contributed by atoms with E-state index in [0.29, 0.717) is 47.9 Å². The predicted octanol–water partition coefficient (Wildman–Crippen LogP) is 3.19. The van der Waals surface area contributed by atoms with Crippen molar-refractivity contribution in [2.45, 2.75) is 58.7 Å². The van der Waals surface area contributed by atoms with Crippen LogP contribution in [-0.2, 0) is 23.2 Å². The number of carbonyl (C=O) groups excluding carboxylic acids is 1. The first-order valence-corrected chi connectivity index (χ1v) is 10.9. The molecule has 2 heterocycles. The van der Waals surface area contributed by atoms with Gasteiger partial charge in [0.05, 0.1) is 23.4 Å². The Bertz CT molecular complexity index is 960. The molecule has 1 N–H and O–H groups in total. The topological polar surface area (TPSA) is 120 Å². The van der Waals surface area contributed by atoms with Gasteiger partial charge in [-0.05, 0) is 51.2 Å². The van der Waals surface area contributed by atoms with E-state index in [1.54, 1.807) is 24.8 Å². The predicted molar refractivity (Wildman–Crippen MR) is 116 cm³/mol. The highest BCUT2D eigenvalue weighted by Gasteiger charge is 2.28. The van der Waals surface area contributed by atoms with E-state index in [9.17, 15) is 14.7 Å². The summed E-state index contributed by atoms with van der Waals surface area (Å²) < 4.78 is 13.1. The molecule has 1 fully saturated rings. The van der Waals surface area contributed by atoms with E-state index < -0.39 is 12.1 Å². The first-order chi connectivity index (χ1) is 15.3. The summed E-state index contributed by atoms with van der Waals surface area (Å²) in [5, 5.41) is 17.5. The molecule has 0 radical (unpaired) electrons. The average molecular weight is 446 g/mol. The molecule has 10 nitrogen and oxygen atoms in total. The summed E-state index contributed by atoms with van der Waals surface area (Å²) in [4.78, 5) is 29.6. The molecule has 2 aromatic heterocycles. The molecule has 3 rings (SSSR count). The number of aromatic nitrogens is 4. The van der Waals surface area contributed by atoms with E-state index >= 15 is 0 Å². The molecule has 32 heavy (non-hydrogen) atoms. The molecule has 0 unspecified atom stereocenters. The minimum Gasteiger partial charge on any atom is -0.489 e. The Morgan fingerprint density at radius 3 is 2.78 bits per heavy atom. The van der Waals surface area contributed by atoms with Crippen molar-refractivity contribution >= 4 is 12.1 Å². The van der Waals surface area contributed by atoms with Crippen molar-refractivity contribution in [3.05, 3.63) is 23.5 Å². The number of carboxylic acids is 1. The summed E-state index contributed by atoms with van der Waals surface area (Å²) >= 11 is 0. The number of amides is 1. The van der Waals surface area contributed by atoms with Crippen LogP contribution in [0.3, 0.4) is 0 Å². The smallest absolute Gasteiger partial charge is 0.409 e. The summed E-state index contributed by atoms with van der Waals surface area (Å²) in [6.07, 6.45) is 3.17. The van der Waals surface area contributed by atoms with Crippen molar-refractivity contribution in [3.8, 4) is 17.1 Å². The third-order valence-corrected chi connectivity index (χ3v) is 5.69. The Kier molecular flexibility index (Phi) is 7.66. The number of aryl methyl sites for hydroxylation is 2. The first-order valence-electron chi connectivity index (χ1n) is 10.9. The number of rotatable bonds is 8. The van der Waals surface area contributed by atoms with Gasteiger partial charge in [-0.2, -0.15) is 0 Å². The fraction of sp³-hybridized carbons (Fsp3) is 0.591. The zero-order valence-electron chi connectivity index (χ0n) is 19.1. The Labute approximate surface area is 187 Å². The molecular weight excluding hydrogens is 414 g/mol. The summed E-state index contributed by atoms with van der Waals surface area (Å²) in [6, 6.07) is 3.61. The van der Waals surface area contributed by atoms with Gasteiger partial charge in [0.25, 0.3) is 0 Å². The quantitative estimate of drug-likeness (QED) is 0.658. The van der Waals surface area contributed by atoms with Gasteiger partial charge in [0.15, 0.2) is 0 Å². The lowest BCUT2D eigenvalue weighted by Crippen LogP contribution is -2.29. The number of hydrogen-bond donors (Lipinski definition) is 1. The number of carbonyl (C=O) groups is 2. The van der Waals surface area contributed by atoms with Crippen molar-refractivity contribution in [3.63, 3.8) is 0 Å². The highest BCUT2D eigenvalue weighted by atomic mass is 16.6. The largest absolute Gasteiger partial charge is 0.489 e. The monoisotopic (exact) mass is 445 g/mol. The maximum atomic E-state index is 12.1. The SMILES string of the molecule is CCCN(C)C(=O)OCc1c(-c2ccc(O[C@@H]3CCC[C@@H](C(=O)O)C3)c(C)n2)nnn1C. The molecule has 0 aliphatic heterocycles. The van der Waals surface area contributed by atoms with Crippen LogP contribution in [0.4, 0.5) is 4.79 Å². The number of nitrogens with zero attached hydrogens (tertiary/aromatic N) is 5. The lowest BCUT2D eigenvalue weighted by molar-refractivity contribution is -0.143. The van der Waals surface area contributed by atoms with Crippen LogP contribution in [0.1, 0.15) is 50.4 Å². The molecule has 1 saturated carbocycles. The zero-order chi connectivity index (χ0) is 23.3. The van der Waals surface area contributed by atoms with Crippen LogP contribution in [0.2, 0.25) is 0 Å². The van der Waals surface area contributed by atoms with Gasteiger partial charge in [-0.3, -0.25) is 4.79 Å². The van der Waals surface area contributed by atoms with Crippen LogP contribution >= 0.6 is 0 Å². The van der Waals surface area contributed by atoms with Gasteiger partial charge in [0.1, 0.15) is 23.7 Å². The standard InChI is InChI=1S/C22H31N5O5/c1-5-11-26(3)22(30)31-13-18-20(24-25-27(18)4)17-9-10-19(14(2)23-17)32-16-8-6-7-15(12-16)21(28)29/h9-10,15-16H,5-8,11-13H2,1-4H3,(H,28,29)/t15-,16-/m1/s1. The van der Waals surface area contributed by atoms with E-state index in [4.69, 9.17) is 9.47 Å². The number of ether oxygens (including phenoxy) is 2. The Morgan fingerprint density at radius 2 is 2.09 bits per heavy atom. The Morgan fingerprint density at radius 1 is 1.31 bits per heavy atom. The molecule has 0 bridgehead atoms. The van der Waals surface area contributed by atoms with Gasteiger partial charge in [0, 0.05) is 20.6 Å². The lowest BCUT2D eigenvalue weighted by atomic mass is 9.87. The molecule has 2 atom stereocenters. The van der Waals surface area contributed by atoms with Crippen LogP contribution < -0.4 is 4.74 Å². The third kappa shape index (κ3) is 5.54. The summed E-state index contributed by atoms with van der Waals surface area (Å²) in [6.45, 7) is 4.48. The van der Waals surface area contributed by atoms with Crippen LogP contribution in [0.25, 0.3) is 11.4 Å². The fourth-order valence-corrected chi connectivity index (χ4v) is 3.87. The Balaban J connectivity index is 1.71. The third-order valence-electron chi connectivity index (χ3n) is 5.69. The van der Waals surface area contributed by atoms with E-state index in [0.717, 1.165) is 19.3 Å². The Hall–Kier alpha value is -3.17.